The minimum atomic E-state index is -0.226. The highest BCUT2D eigenvalue weighted by Crippen LogP contribution is 2.20. The summed E-state index contributed by atoms with van der Waals surface area (Å²) in [6.45, 7) is 5.75. The van der Waals surface area contributed by atoms with Gasteiger partial charge >= 0.3 is 5.97 Å². The van der Waals surface area contributed by atoms with Crippen molar-refractivity contribution in [3.63, 3.8) is 0 Å². The van der Waals surface area contributed by atoms with E-state index in [0.717, 1.165) is 38.6 Å². The minimum Gasteiger partial charge on any atom is -0.469 e. The molecule has 6 heteroatoms. The average Bonchev–Trinajstić information content (AvgIpc) is 2.89. The Kier molecular flexibility index (Phi) is 9.87. The molecule has 0 radical (unpaired) electrons. The molecule has 0 N–H and O–H groups in total. The maximum atomic E-state index is 12.0. The van der Waals surface area contributed by atoms with Gasteiger partial charge in [0.1, 0.15) is 0 Å². The summed E-state index contributed by atoms with van der Waals surface area (Å²) in [6, 6.07) is 0.167. The Bertz CT molecular complexity index is 361. The van der Waals surface area contributed by atoms with E-state index in [0.29, 0.717) is 26.1 Å². The number of carbonyl (C=O) groups excluding carboxylic acids is 2. The molecule has 0 aliphatic carbocycles. The number of hydrogen-bond donors (Lipinski definition) is 0. The lowest BCUT2D eigenvalue weighted by Crippen LogP contribution is -2.37. The van der Waals surface area contributed by atoms with Gasteiger partial charge in [0, 0.05) is 26.0 Å². The van der Waals surface area contributed by atoms with E-state index >= 15 is 0 Å². The number of ether oxygens (including phenoxy) is 3. The number of nitrogens with zero attached hydrogens (tertiary/aromatic N) is 1. The van der Waals surface area contributed by atoms with Crippen molar-refractivity contribution in [2.24, 2.45) is 0 Å². The van der Waals surface area contributed by atoms with E-state index in [-0.39, 0.29) is 24.2 Å². The lowest BCUT2D eigenvalue weighted by Gasteiger charge is -2.26. The summed E-state index contributed by atoms with van der Waals surface area (Å²) >= 11 is 0. The average molecular weight is 329 g/mol. The monoisotopic (exact) mass is 329 g/mol. The number of methoxy groups -OCH3 is 1. The van der Waals surface area contributed by atoms with Crippen LogP contribution in [-0.4, -0.2) is 56.0 Å². The van der Waals surface area contributed by atoms with Crippen LogP contribution < -0.4 is 0 Å². The van der Waals surface area contributed by atoms with Crippen LogP contribution in [0.3, 0.4) is 0 Å². The van der Waals surface area contributed by atoms with Gasteiger partial charge in [0.05, 0.1) is 19.8 Å². The topological polar surface area (TPSA) is 65.1 Å². The summed E-state index contributed by atoms with van der Waals surface area (Å²) in [6.07, 6.45) is 5.54. The number of amides is 1. The van der Waals surface area contributed by atoms with Crippen molar-refractivity contribution in [1.82, 2.24) is 4.90 Å². The van der Waals surface area contributed by atoms with Crippen molar-refractivity contribution in [1.29, 1.82) is 0 Å². The lowest BCUT2D eigenvalue weighted by molar-refractivity contribution is -0.143. The quantitative estimate of drug-likeness (QED) is 0.313. The van der Waals surface area contributed by atoms with E-state index in [1.54, 1.807) is 0 Å². The fourth-order valence-corrected chi connectivity index (χ4v) is 2.81. The first-order valence-corrected chi connectivity index (χ1v) is 8.68. The summed E-state index contributed by atoms with van der Waals surface area (Å²) in [5, 5.41) is 0. The second kappa shape index (κ2) is 11.4. The number of unbranched alkanes of at least 4 members (excludes halogenated alkanes) is 3. The van der Waals surface area contributed by atoms with Gasteiger partial charge in [-0.05, 0) is 33.1 Å². The molecular formula is C17H31NO5. The molecule has 1 fully saturated rings. The van der Waals surface area contributed by atoms with E-state index in [1.807, 2.05) is 18.7 Å². The second-order valence-electron chi connectivity index (χ2n) is 5.88. The van der Waals surface area contributed by atoms with E-state index in [9.17, 15) is 9.59 Å². The van der Waals surface area contributed by atoms with Crippen molar-refractivity contribution in [2.75, 3.05) is 26.9 Å². The number of likely N-dealkylation sites (tertiary alicyclic amines) is 1. The third-order valence-corrected chi connectivity index (χ3v) is 4.13. The maximum Gasteiger partial charge on any atom is 0.305 e. The van der Waals surface area contributed by atoms with Gasteiger partial charge in [-0.1, -0.05) is 12.8 Å². The Labute approximate surface area is 139 Å². The SMILES string of the molecule is CCOC(C)OCC1CCC(=O)N1CCCCCCC(=O)OC. The third kappa shape index (κ3) is 7.79. The molecule has 23 heavy (non-hydrogen) atoms. The van der Waals surface area contributed by atoms with Gasteiger partial charge in [0.2, 0.25) is 5.91 Å². The number of esters is 1. The van der Waals surface area contributed by atoms with Crippen molar-refractivity contribution in [3.05, 3.63) is 0 Å². The van der Waals surface area contributed by atoms with Crippen LogP contribution in [0.25, 0.3) is 0 Å². The van der Waals surface area contributed by atoms with Gasteiger partial charge in [-0.25, -0.2) is 0 Å². The highest BCUT2D eigenvalue weighted by atomic mass is 16.7. The molecule has 2 unspecified atom stereocenters. The van der Waals surface area contributed by atoms with Gasteiger partial charge in [-0.2, -0.15) is 0 Å². The highest BCUT2D eigenvalue weighted by molar-refractivity contribution is 5.78. The Balaban J connectivity index is 2.19. The molecular weight excluding hydrogens is 298 g/mol. The maximum absolute atomic E-state index is 12.0. The molecule has 0 saturated carbocycles. The molecule has 1 rings (SSSR count). The van der Waals surface area contributed by atoms with Crippen molar-refractivity contribution in [3.8, 4) is 0 Å². The standard InChI is InChI=1S/C17H31NO5/c1-4-22-14(2)23-13-15-10-11-16(19)18(15)12-8-6-5-7-9-17(20)21-3/h14-15H,4-13H2,1-3H3. The zero-order valence-electron chi connectivity index (χ0n) is 14.7. The molecule has 1 amide bonds. The molecule has 0 aromatic heterocycles. The van der Waals surface area contributed by atoms with Crippen LogP contribution >= 0.6 is 0 Å². The first kappa shape index (κ1) is 19.9. The zero-order valence-corrected chi connectivity index (χ0v) is 14.7. The smallest absolute Gasteiger partial charge is 0.305 e. The minimum absolute atomic E-state index is 0.152. The van der Waals surface area contributed by atoms with Gasteiger partial charge in [0.15, 0.2) is 6.29 Å². The molecule has 1 aliphatic rings. The predicted molar refractivity (Wildman–Crippen MR) is 86.9 cm³/mol. The van der Waals surface area contributed by atoms with Crippen LogP contribution in [0.5, 0.6) is 0 Å². The molecule has 0 spiro atoms. The predicted octanol–water partition coefficient (Wildman–Crippen LogP) is 2.50. The molecule has 0 aromatic carbocycles. The number of rotatable bonds is 12. The van der Waals surface area contributed by atoms with Crippen molar-refractivity contribution >= 4 is 11.9 Å². The summed E-state index contributed by atoms with van der Waals surface area (Å²) in [7, 11) is 1.41. The molecule has 1 aliphatic heterocycles. The fraction of sp³-hybridized carbons (Fsp3) is 0.882. The molecule has 134 valence electrons. The van der Waals surface area contributed by atoms with Crippen LogP contribution in [0.2, 0.25) is 0 Å². The van der Waals surface area contributed by atoms with Crippen LogP contribution in [0, 0.1) is 0 Å². The largest absolute Gasteiger partial charge is 0.469 e. The lowest BCUT2D eigenvalue weighted by atomic mass is 10.1. The van der Waals surface area contributed by atoms with Crippen LogP contribution in [0.1, 0.15) is 58.8 Å². The Morgan fingerprint density at radius 1 is 1.26 bits per heavy atom. The van der Waals surface area contributed by atoms with Crippen molar-refractivity contribution in [2.45, 2.75) is 71.1 Å². The van der Waals surface area contributed by atoms with Gasteiger partial charge in [0.25, 0.3) is 0 Å². The number of hydrogen-bond acceptors (Lipinski definition) is 5. The van der Waals surface area contributed by atoms with E-state index in [1.165, 1.54) is 7.11 Å². The molecule has 1 saturated heterocycles. The first-order valence-electron chi connectivity index (χ1n) is 8.68. The van der Waals surface area contributed by atoms with E-state index in [4.69, 9.17) is 9.47 Å². The van der Waals surface area contributed by atoms with Crippen LogP contribution in [0.15, 0.2) is 0 Å². The number of carbonyl (C=O) groups is 2. The van der Waals surface area contributed by atoms with Crippen LogP contribution in [0.4, 0.5) is 0 Å². The van der Waals surface area contributed by atoms with Gasteiger partial charge < -0.3 is 19.1 Å². The van der Waals surface area contributed by atoms with E-state index in [2.05, 4.69) is 4.74 Å². The highest BCUT2D eigenvalue weighted by Gasteiger charge is 2.30. The summed E-state index contributed by atoms with van der Waals surface area (Å²) in [5.41, 5.74) is 0. The van der Waals surface area contributed by atoms with Gasteiger partial charge in [-0.15, -0.1) is 0 Å². The van der Waals surface area contributed by atoms with Crippen molar-refractivity contribution < 1.29 is 23.8 Å². The van der Waals surface area contributed by atoms with Crippen LogP contribution in [-0.2, 0) is 23.8 Å². The first-order chi connectivity index (χ1) is 11.1. The Morgan fingerprint density at radius 2 is 2.00 bits per heavy atom. The van der Waals surface area contributed by atoms with E-state index < -0.39 is 0 Å². The summed E-state index contributed by atoms with van der Waals surface area (Å²) < 4.78 is 15.6. The summed E-state index contributed by atoms with van der Waals surface area (Å²) in [5.74, 6) is 0.0672. The normalized spacial score (nSPS) is 19.2. The Morgan fingerprint density at radius 3 is 2.70 bits per heavy atom. The molecule has 2 atom stereocenters. The summed E-state index contributed by atoms with van der Waals surface area (Å²) in [4.78, 5) is 24.9. The second-order valence-corrected chi connectivity index (χ2v) is 5.88. The molecule has 0 bridgehead atoms. The van der Waals surface area contributed by atoms with Gasteiger partial charge in [-0.3, -0.25) is 9.59 Å². The fourth-order valence-electron chi connectivity index (χ4n) is 2.81. The molecule has 6 nitrogen and oxygen atoms in total. The zero-order chi connectivity index (χ0) is 17.1. The molecule has 1 heterocycles. The third-order valence-electron chi connectivity index (χ3n) is 4.13. The molecule has 0 aromatic rings. The Hall–Kier alpha value is -1.14.